The molecule has 31 heavy (non-hydrogen) atoms. The molecule has 0 N–H and O–H groups in total. The zero-order chi connectivity index (χ0) is 22.4. The third-order valence-corrected chi connectivity index (χ3v) is 6.30. The summed E-state index contributed by atoms with van der Waals surface area (Å²) in [6.45, 7) is 1.39. The lowest BCUT2D eigenvalue weighted by Gasteiger charge is -2.20. The number of benzene rings is 1. The quantitative estimate of drug-likeness (QED) is 0.308. The summed E-state index contributed by atoms with van der Waals surface area (Å²) in [5, 5.41) is 2.15. The van der Waals surface area contributed by atoms with E-state index in [0.29, 0.717) is 31.5 Å². The summed E-state index contributed by atoms with van der Waals surface area (Å²) in [6.07, 6.45) is 0.00996. The molecule has 0 saturated carbocycles. The number of para-hydroxylation sites is 2. The van der Waals surface area contributed by atoms with Gasteiger partial charge in [0.15, 0.2) is 10.9 Å². The predicted octanol–water partition coefficient (Wildman–Crippen LogP) is 5.26. The number of esters is 1. The molecule has 1 amide bonds. The Hall–Kier alpha value is -2.75. The zero-order valence-corrected chi connectivity index (χ0v) is 19.2. The van der Waals surface area contributed by atoms with Gasteiger partial charge in [0.1, 0.15) is 12.4 Å². The number of hydrogen-bond donors (Lipinski definition) is 0. The number of methoxy groups -OCH3 is 1. The maximum Gasteiger partial charge on any atom is 0.306 e. The van der Waals surface area contributed by atoms with Gasteiger partial charge in [-0.05, 0) is 24.3 Å². The number of nitrogens with zero attached hydrogens (tertiary/aromatic N) is 2. The van der Waals surface area contributed by atoms with Crippen LogP contribution in [0.2, 0.25) is 4.34 Å². The van der Waals surface area contributed by atoms with Gasteiger partial charge in [-0.2, -0.15) is 0 Å². The summed E-state index contributed by atoms with van der Waals surface area (Å²) in [6, 6.07) is 10.4. The van der Waals surface area contributed by atoms with Crippen LogP contribution in [0.15, 0.2) is 41.8 Å². The summed E-state index contributed by atoms with van der Waals surface area (Å²) >= 11 is 8.25. The summed E-state index contributed by atoms with van der Waals surface area (Å²) in [7, 11) is 1.53. The van der Waals surface area contributed by atoms with Crippen molar-refractivity contribution in [3.05, 3.63) is 56.7 Å². The molecule has 10 heteroatoms. The highest BCUT2D eigenvalue weighted by atomic mass is 35.5. The molecule has 2 heterocycles. The first-order valence-electron chi connectivity index (χ1n) is 9.21. The number of ether oxygens (including phenoxy) is 2. The van der Waals surface area contributed by atoms with Gasteiger partial charge in [0, 0.05) is 18.7 Å². The van der Waals surface area contributed by atoms with Crippen molar-refractivity contribution in [1.82, 2.24) is 4.98 Å². The number of halogens is 1. The number of amides is 1. The molecule has 0 saturated heterocycles. The van der Waals surface area contributed by atoms with Crippen LogP contribution in [0, 0.1) is 0 Å². The van der Waals surface area contributed by atoms with Gasteiger partial charge in [-0.1, -0.05) is 23.7 Å². The number of anilines is 2. The molecule has 0 bridgehead atoms. The van der Waals surface area contributed by atoms with Gasteiger partial charge in [-0.15, -0.1) is 22.7 Å². The van der Waals surface area contributed by atoms with Crippen LogP contribution in [0.3, 0.4) is 0 Å². The molecule has 0 unspecified atom stereocenters. The van der Waals surface area contributed by atoms with Crippen LogP contribution >= 0.6 is 34.3 Å². The number of ketones is 1. The van der Waals surface area contributed by atoms with E-state index in [0.717, 1.165) is 0 Å². The fraction of sp³-hybridized carbons (Fsp3) is 0.238. The Morgan fingerprint density at radius 2 is 1.90 bits per heavy atom. The number of hydrogen-bond acceptors (Lipinski definition) is 8. The maximum atomic E-state index is 12.3. The summed E-state index contributed by atoms with van der Waals surface area (Å²) in [5.41, 5.74) is 1.08. The van der Waals surface area contributed by atoms with Crippen molar-refractivity contribution in [2.24, 2.45) is 0 Å². The van der Waals surface area contributed by atoms with Crippen LogP contribution in [0.5, 0.6) is 5.75 Å². The molecule has 1 aromatic carbocycles. The lowest BCUT2D eigenvalue weighted by Crippen LogP contribution is -2.23. The molecular weight excluding hydrogens is 460 g/mol. The van der Waals surface area contributed by atoms with Crippen LogP contribution < -0.4 is 9.64 Å². The van der Waals surface area contributed by atoms with Gasteiger partial charge in [0.25, 0.3) is 0 Å². The number of rotatable bonds is 9. The van der Waals surface area contributed by atoms with E-state index in [1.54, 1.807) is 35.7 Å². The Kier molecular flexibility index (Phi) is 7.78. The molecule has 0 fully saturated rings. The molecule has 0 aliphatic carbocycles. The van der Waals surface area contributed by atoms with Crippen LogP contribution in [0.25, 0.3) is 0 Å². The molecule has 3 aromatic rings. The van der Waals surface area contributed by atoms with E-state index in [-0.39, 0.29) is 31.1 Å². The van der Waals surface area contributed by atoms with E-state index >= 15 is 0 Å². The van der Waals surface area contributed by atoms with Gasteiger partial charge in [-0.3, -0.25) is 19.3 Å². The van der Waals surface area contributed by atoms with Gasteiger partial charge in [0.2, 0.25) is 5.91 Å². The SMILES string of the molecule is COc1ccccc1N(C(C)=O)c1nc(COC(=O)CCC(=O)c2ccc(Cl)s2)cs1. The largest absolute Gasteiger partial charge is 0.495 e. The lowest BCUT2D eigenvalue weighted by atomic mass is 10.2. The standard InChI is InChI=1S/C21H19ClN2O5S2/c1-13(25)24(15-5-3-4-6-17(15)28-2)21-23-14(12-30-21)11-29-20(27)10-7-16(26)18-8-9-19(22)31-18/h3-6,8-9,12H,7,10-11H2,1-2H3. The van der Waals surface area contributed by atoms with E-state index in [4.69, 9.17) is 21.1 Å². The van der Waals surface area contributed by atoms with Crippen molar-refractivity contribution < 1.29 is 23.9 Å². The zero-order valence-electron chi connectivity index (χ0n) is 16.8. The Labute approximate surface area is 192 Å². The van der Waals surface area contributed by atoms with Crippen LogP contribution in [0.4, 0.5) is 10.8 Å². The first-order valence-corrected chi connectivity index (χ1v) is 11.3. The van der Waals surface area contributed by atoms with Crippen molar-refractivity contribution in [3.8, 4) is 5.75 Å². The smallest absolute Gasteiger partial charge is 0.306 e. The van der Waals surface area contributed by atoms with Gasteiger partial charge in [-0.25, -0.2) is 4.98 Å². The number of carbonyl (C=O) groups excluding carboxylic acids is 3. The van der Waals surface area contributed by atoms with Crippen molar-refractivity contribution in [1.29, 1.82) is 0 Å². The number of thiazole rings is 1. The number of aromatic nitrogens is 1. The predicted molar refractivity (Wildman–Crippen MR) is 121 cm³/mol. The monoisotopic (exact) mass is 478 g/mol. The van der Waals surface area contributed by atoms with Gasteiger partial charge < -0.3 is 9.47 Å². The second-order valence-electron chi connectivity index (χ2n) is 6.34. The van der Waals surface area contributed by atoms with Crippen molar-refractivity contribution in [2.75, 3.05) is 12.0 Å². The van der Waals surface area contributed by atoms with E-state index < -0.39 is 5.97 Å². The first kappa shape index (κ1) is 22.9. The normalized spacial score (nSPS) is 10.5. The Balaban J connectivity index is 1.59. The van der Waals surface area contributed by atoms with E-state index in [2.05, 4.69) is 4.98 Å². The average Bonchev–Trinajstić information content (AvgIpc) is 3.40. The van der Waals surface area contributed by atoms with E-state index in [1.807, 2.05) is 6.07 Å². The van der Waals surface area contributed by atoms with Crippen molar-refractivity contribution in [3.63, 3.8) is 0 Å². The lowest BCUT2D eigenvalue weighted by molar-refractivity contribution is -0.145. The third kappa shape index (κ3) is 5.90. The van der Waals surface area contributed by atoms with Gasteiger partial charge >= 0.3 is 5.97 Å². The van der Waals surface area contributed by atoms with Crippen molar-refractivity contribution >= 4 is 62.8 Å². The van der Waals surface area contributed by atoms with E-state index in [9.17, 15) is 14.4 Å². The molecular formula is C21H19ClN2O5S2. The number of Topliss-reactive ketones (excluding diaryl/α,β-unsaturated/α-hetero) is 1. The second kappa shape index (κ2) is 10.5. The highest BCUT2D eigenvalue weighted by molar-refractivity contribution is 7.18. The fourth-order valence-electron chi connectivity index (χ4n) is 2.72. The minimum atomic E-state index is -0.501. The number of carbonyl (C=O) groups is 3. The molecule has 0 radical (unpaired) electrons. The van der Waals surface area contributed by atoms with Crippen molar-refractivity contribution in [2.45, 2.75) is 26.4 Å². The Morgan fingerprint density at radius 1 is 1.13 bits per heavy atom. The molecule has 3 rings (SSSR count). The number of thiophene rings is 1. The Bertz CT molecular complexity index is 1090. The minimum absolute atomic E-state index is 0.0356. The molecule has 162 valence electrons. The van der Waals surface area contributed by atoms with Gasteiger partial charge in [0.05, 0.1) is 34.1 Å². The minimum Gasteiger partial charge on any atom is -0.495 e. The molecule has 0 aliphatic heterocycles. The molecule has 0 atom stereocenters. The highest BCUT2D eigenvalue weighted by Gasteiger charge is 2.21. The topological polar surface area (TPSA) is 85.8 Å². The maximum absolute atomic E-state index is 12.3. The summed E-state index contributed by atoms with van der Waals surface area (Å²) in [4.78, 5) is 42.7. The Morgan fingerprint density at radius 3 is 2.58 bits per heavy atom. The summed E-state index contributed by atoms with van der Waals surface area (Å²) in [5.74, 6) is -0.343. The van der Waals surface area contributed by atoms with Crippen LogP contribution in [-0.2, 0) is 20.9 Å². The molecule has 7 nitrogen and oxygen atoms in total. The first-order chi connectivity index (χ1) is 14.9. The van der Waals surface area contributed by atoms with Crippen LogP contribution in [-0.4, -0.2) is 29.8 Å². The summed E-state index contributed by atoms with van der Waals surface area (Å²) < 4.78 is 11.1. The molecule has 0 spiro atoms. The molecule has 0 aliphatic rings. The third-order valence-electron chi connectivity index (χ3n) is 4.16. The average molecular weight is 479 g/mol. The van der Waals surface area contributed by atoms with E-state index in [1.165, 1.54) is 41.6 Å². The highest BCUT2D eigenvalue weighted by Crippen LogP contribution is 2.35. The van der Waals surface area contributed by atoms with Crippen LogP contribution in [0.1, 0.15) is 35.1 Å². The second-order valence-corrected chi connectivity index (χ2v) is 8.89. The fourth-order valence-corrected chi connectivity index (χ4v) is 4.59. The molecule has 2 aromatic heterocycles.